The van der Waals surface area contributed by atoms with E-state index in [1.54, 1.807) is 24.4 Å². The van der Waals surface area contributed by atoms with Crippen LogP contribution >= 0.6 is 23.2 Å². The fourth-order valence-electron chi connectivity index (χ4n) is 3.76. The smallest absolute Gasteiger partial charge is 0.269 e. The summed E-state index contributed by atoms with van der Waals surface area (Å²) in [6.07, 6.45) is 3.04. The summed E-state index contributed by atoms with van der Waals surface area (Å²) in [4.78, 5) is -0.117. The molecule has 1 aromatic heterocycles. The Balaban J connectivity index is 2.03. The van der Waals surface area contributed by atoms with Crippen LogP contribution in [-0.4, -0.2) is 19.4 Å². The molecule has 28 heavy (non-hydrogen) atoms. The number of rotatable bonds is 4. The molecule has 4 nitrogen and oxygen atoms in total. The molecule has 1 heterocycles. The number of fused-ring (bicyclic) bond motifs is 1. The van der Waals surface area contributed by atoms with E-state index in [-0.39, 0.29) is 26.5 Å². The average Bonchev–Trinajstić information content (AvgIpc) is 3.23. The minimum absolute atomic E-state index is 0.00630. The zero-order valence-corrected chi connectivity index (χ0v) is 17.2. The summed E-state index contributed by atoms with van der Waals surface area (Å²) in [6, 6.07) is 10.6. The highest BCUT2D eigenvalue weighted by Crippen LogP contribution is 2.42. The highest BCUT2D eigenvalue weighted by atomic mass is 35.5. The SMILES string of the molecule is CNC1CCc2c1cn(S(=O)(=O)c1cccc(Cl)c1Cl)c2-c1ccccc1F. The van der Waals surface area contributed by atoms with Gasteiger partial charge in [0.25, 0.3) is 10.0 Å². The molecular weight excluding hydrogens is 422 g/mol. The molecule has 0 fully saturated rings. The molecule has 146 valence electrons. The number of aromatic nitrogens is 1. The van der Waals surface area contributed by atoms with Crippen LogP contribution in [0.15, 0.2) is 53.6 Å². The van der Waals surface area contributed by atoms with Gasteiger partial charge in [-0.1, -0.05) is 41.4 Å². The average molecular weight is 439 g/mol. The van der Waals surface area contributed by atoms with Gasteiger partial charge >= 0.3 is 0 Å². The number of hydrogen-bond acceptors (Lipinski definition) is 3. The van der Waals surface area contributed by atoms with Gasteiger partial charge in [-0.2, -0.15) is 0 Å². The van der Waals surface area contributed by atoms with Crippen LogP contribution in [0.2, 0.25) is 10.0 Å². The monoisotopic (exact) mass is 438 g/mol. The van der Waals surface area contributed by atoms with Crippen molar-refractivity contribution in [3.63, 3.8) is 0 Å². The van der Waals surface area contributed by atoms with E-state index in [1.807, 2.05) is 7.05 Å². The molecule has 1 N–H and O–H groups in total. The summed E-state index contributed by atoms with van der Waals surface area (Å²) < 4.78 is 42.8. The van der Waals surface area contributed by atoms with Crippen molar-refractivity contribution in [3.05, 3.63) is 75.7 Å². The lowest BCUT2D eigenvalue weighted by Gasteiger charge is -2.15. The van der Waals surface area contributed by atoms with E-state index in [2.05, 4.69) is 5.32 Å². The molecule has 4 rings (SSSR count). The Labute approximate surface area is 173 Å². The molecule has 1 aliphatic carbocycles. The lowest BCUT2D eigenvalue weighted by atomic mass is 10.1. The Morgan fingerprint density at radius 2 is 1.89 bits per heavy atom. The molecule has 0 saturated heterocycles. The number of nitrogens with one attached hydrogen (secondary N) is 1. The Morgan fingerprint density at radius 3 is 2.61 bits per heavy atom. The zero-order valence-electron chi connectivity index (χ0n) is 14.9. The van der Waals surface area contributed by atoms with Gasteiger partial charge < -0.3 is 5.32 Å². The quantitative estimate of drug-likeness (QED) is 0.620. The maximum absolute atomic E-state index is 14.6. The molecule has 8 heteroatoms. The van der Waals surface area contributed by atoms with Gasteiger partial charge in [-0.05, 0) is 55.3 Å². The summed E-state index contributed by atoms with van der Waals surface area (Å²) in [7, 11) is -2.27. The van der Waals surface area contributed by atoms with Crippen molar-refractivity contribution in [1.29, 1.82) is 0 Å². The first-order valence-electron chi connectivity index (χ1n) is 8.72. The molecule has 1 atom stereocenters. The van der Waals surface area contributed by atoms with Gasteiger partial charge in [-0.3, -0.25) is 0 Å². The van der Waals surface area contributed by atoms with Crippen molar-refractivity contribution in [2.24, 2.45) is 0 Å². The highest BCUT2D eigenvalue weighted by Gasteiger charge is 2.34. The summed E-state index contributed by atoms with van der Waals surface area (Å²) in [5, 5.41) is 3.28. The predicted octanol–water partition coefficient (Wildman–Crippen LogP) is 5.04. The third kappa shape index (κ3) is 2.95. The van der Waals surface area contributed by atoms with Crippen LogP contribution in [-0.2, 0) is 16.4 Å². The number of halogens is 3. The topological polar surface area (TPSA) is 51.1 Å². The first kappa shape index (κ1) is 19.5. The normalized spacial score (nSPS) is 16.4. The maximum Gasteiger partial charge on any atom is 0.269 e. The molecule has 0 saturated carbocycles. The highest BCUT2D eigenvalue weighted by molar-refractivity contribution is 7.90. The van der Waals surface area contributed by atoms with Gasteiger partial charge in [-0.15, -0.1) is 0 Å². The van der Waals surface area contributed by atoms with Gasteiger partial charge in [0.1, 0.15) is 10.7 Å². The van der Waals surface area contributed by atoms with E-state index >= 15 is 0 Å². The summed E-state index contributed by atoms with van der Waals surface area (Å²) >= 11 is 12.2. The van der Waals surface area contributed by atoms with Gasteiger partial charge in [0.15, 0.2) is 0 Å². The molecule has 0 radical (unpaired) electrons. The molecule has 0 amide bonds. The van der Waals surface area contributed by atoms with E-state index < -0.39 is 15.8 Å². The second kappa shape index (κ2) is 7.19. The first-order chi connectivity index (χ1) is 13.4. The Morgan fingerprint density at radius 1 is 1.14 bits per heavy atom. The minimum Gasteiger partial charge on any atom is -0.313 e. The molecule has 1 aliphatic rings. The van der Waals surface area contributed by atoms with Crippen LogP contribution in [0, 0.1) is 5.82 Å². The standard InChI is InChI=1S/C20H17Cl2FN2O2S/c1-24-17-10-9-12-14(17)11-25(20(12)13-5-2-3-7-16(13)23)28(26,27)18-8-4-6-15(21)19(18)22/h2-8,11,17,24H,9-10H2,1H3. The number of hydrogen-bond donors (Lipinski definition) is 1. The lowest BCUT2D eigenvalue weighted by Crippen LogP contribution is -2.16. The minimum atomic E-state index is -4.09. The van der Waals surface area contributed by atoms with E-state index in [4.69, 9.17) is 23.2 Å². The summed E-state index contributed by atoms with van der Waals surface area (Å²) in [5.74, 6) is -0.482. The van der Waals surface area contributed by atoms with Crippen molar-refractivity contribution in [2.75, 3.05) is 7.05 Å². The Hall–Kier alpha value is -1.86. The fraction of sp³-hybridized carbons (Fsp3) is 0.200. The Kier molecular flexibility index (Phi) is 5.00. The predicted molar refractivity (Wildman–Crippen MR) is 109 cm³/mol. The van der Waals surface area contributed by atoms with Gasteiger partial charge in [0, 0.05) is 17.8 Å². The largest absolute Gasteiger partial charge is 0.313 e. The first-order valence-corrected chi connectivity index (χ1v) is 10.9. The molecule has 0 bridgehead atoms. The second-order valence-electron chi connectivity index (χ2n) is 6.62. The van der Waals surface area contributed by atoms with Crippen LogP contribution < -0.4 is 5.32 Å². The van der Waals surface area contributed by atoms with E-state index in [0.717, 1.165) is 21.5 Å². The van der Waals surface area contributed by atoms with E-state index in [1.165, 1.54) is 24.3 Å². The van der Waals surface area contributed by atoms with Crippen LogP contribution in [0.1, 0.15) is 23.6 Å². The molecular formula is C20H17Cl2FN2O2S. The summed E-state index contributed by atoms with van der Waals surface area (Å²) in [5.41, 5.74) is 2.25. The molecule has 0 aliphatic heterocycles. The molecule has 3 aromatic rings. The molecule has 2 aromatic carbocycles. The van der Waals surface area contributed by atoms with Gasteiger partial charge in [0.05, 0.1) is 15.7 Å². The van der Waals surface area contributed by atoms with Gasteiger partial charge in [-0.25, -0.2) is 16.8 Å². The second-order valence-corrected chi connectivity index (χ2v) is 9.19. The number of benzene rings is 2. The maximum atomic E-state index is 14.6. The van der Waals surface area contributed by atoms with Crippen molar-refractivity contribution in [1.82, 2.24) is 9.29 Å². The van der Waals surface area contributed by atoms with Crippen molar-refractivity contribution in [3.8, 4) is 11.3 Å². The zero-order chi connectivity index (χ0) is 20.1. The third-order valence-electron chi connectivity index (χ3n) is 5.10. The van der Waals surface area contributed by atoms with Crippen molar-refractivity contribution < 1.29 is 12.8 Å². The lowest BCUT2D eigenvalue weighted by molar-refractivity contribution is 0.578. The Bertz CT molecular complexity index is 1170. The van der Waals surface area contributed by atoms with Crippen molar-refractivity contribution >= 4 is 33.2 Å². The number of nitrogens with zero attached hydrogens (tertiary/aromatic N) is 1. The van der Waals surface area contributed by atoms with Crippen LogP contribution in [0.4, 0.5) is 4.39 Å². The van der Waals surface area contributed by atoms with Gasteiger partial charge in [0.2, 0.25) is 0 Å². The van der Waals surface area contributed by atoms with Crippen LogP contribution in [0.25, 0.3) is 11.3 Å². The van der Waals surface area contributed by atoms with E-state index in [0.29, 0.717) is 12.1 Å². The molecule has 1 unspecified atom stereocenters. The van der Waals surface area contributed by atoms with E-state index in [9.17, 15) is 12.8 Å². The van der Waals surface area contributed by atoms with Crippen molar-refractivity contribution in [2.45, 2.75) is 23.8 Å². The third-order valence-corrected chi connectivity index (χ3v) is 7.73. The van der Waals surface area contributed by atoms with Crippen LogP contribution in [0.5, 0.6) is 0 Å². The fourth-order valence-corrected chi connectivity index (χ4v) is 5.91. The van der Waals surface area contributed by atoms with Crippen LogP contribution in [0.3, 0.4) is 0 Å². The summed E-state index contributed by atoms with van der Waals surface area (Å²) in [6.45, 7) is 0. The molecule has 0 spiro atoms.